The summed E-state index contributed by atoms with van der Waals surface area (Å²) < 4.78 is 4.92. The van der Waals surface area contributed by atoms with Crippen molar-refractivity contribution in [3.8, 4) is 0 Å². The number of carbonyl (C=O) groups is 2. The summed E-state index contributed by atoms with van der Waals surface area (Å²) in [6, 6.07) is 0.311. The maximum absolute atomic E-state index is 12.0. The highest BCUT2D eigenvalue weighted by atomic mass is 16.5. The highest BCUT2D eigenvalue weighted by molar-refractivity contribution is 5.81. The number of amides is 2. The molecule has 0 aliphatic heterocycles. The molecule has 0 atom stereocenters. The molecule has 0 aromatic carbocycles. The number of rotatable bonds is 9. The number of nitrogens with one attached hydrogen (secondary N) is 2. The van der Waals surface area contributed by atoms with Crippen molar-refractivity contribution in [2.75, 3.05) is 40.4 Å². The highest BCUT2D eigenvalue weighted by Crippen LogP contribution is 2.16. The number of nitrogens with zero attached hydrogens (tertiary/aromatic N) is 1. The monoisotopic (exact) mass is 313 g/mol. The van der Waals surface area contributed by atoms with E-state index in [0.717, 1.165) is 19.3 Å². The fourth-order valence-corrected chi connectivity index (χ4v) is 2.74. The Kier molecular flexibility index (Phi) is 9.82. The second-order valence-electron chi connectivity index (χ2n) is 6.12. The molecule has 1 saturated carbocycles. The number of methoxy groups -OCH3 is 1. The first kappa shape index (κ1) is 18.9. The Morgan fingerprint density at radius 1 is 1.09 bits per heavy atom. The normalized spacial score (nSPS) is 16.3. The van der Waals surface area contributed by atoms with Gasteiger partial charge >= 0.3 is 0 Å². The molecule has 0 bridgehead atoms. The lowest BCUT2D eigenvalue weighted by Gasteiger charge is -2.20. The third-order valence-electron chi connectivity index (χ3n) is 3.89. The van der Waals surface area contributed by atoms with E-state index >= 15 is 0 Å². The molecule has 0 heterocycles. The van der Waals surface area contributed by atoms with Gasteiger partial charge in [-0.2, -0.15) is 0 Å². The average Bonchev–Trinajstić information content (AvgIpc) is 2.71. The topological polar surface area (TPSA) is 70.7 Å². The number of carbonyl (C=O) groups excluding carboxylic acids is 2. The molecule has 1 rings (SSSR count). The summed E-state index contributed by atoms with van der Waals surface area (Å²) >= 11 is 0. The van der Waals surface area contributed by atoms with Crippen LogP contribution < -0.4 is 10.6 Å². The van der Waals surface area contributed by atoms with E-state index in [4.69, 9.17) is 4.74 Å². The Morgan fingerprint density at radius 2 is 1.73 bits per heavy atom. The van der Waals surface area contributed by atoms with Gasteiger partial charge in [-0.05, 0) is 26.3 Å². The van der Waals surface area contributed by atoms with Gasteiger partial charge in [-0.3, -0.25) is 14.5 Å². The molecule has 2 N–H and O–H groups in total. The van der Waals surface area contributed by atoms with Crippen LogP contribution in [0.25, 0.3) is 0 Å². The van der Waals surface area contributed by atoms with Gasteiger partial charge in [0.2, 0.25) is 11.8 Å². The minimum absolute atomic E-state index is 0.0154. The van der Waals surface area contributed by atoms with Crippen LogP contribution in [0.15, 0.2) is 0 Å². The average molecular weight is 313 g/mol. The molecule has 0 spiro atoms. The van der Waals surface area contributed by atoms with Gasteiger partial charge in [0.1, 0.15) is 0 Å². The summed E-state index contributed by atoms with van der Waals surface area (Å²) in [6.45, 7) is 1.75. The van der Waals surface area contributed by atoms with Gasteiger partial charge in [-0.1, -0.05) is 25.7 Å². The van der Waals surface area contributed by atoms with Crippen molar-refractivity contribution in [1.29, 1.82) is 0 Å². The first-order chi connectivity index (χ1) is 10.6. The van der Waals surface area contributed by atoms with E-state index in [1.165, 1.54) is 25.7 Å². The molecular formula is C16H31N3O3. The lowest BCUT2D eigenvalue weighted by molar-refractivity contribution is -0.125. The van der Waals surface area contributed by atoms with Crippen LogP contribution in [0, 0.1) is 0 Å². The molecule has 0 aromatic rings. The zero-order valence-corrected chi connectivity index (χ0v) is 14.0. The summed E-state index contributed by atoms with van der Waals surface area (Å²) in [6.07, 6.45) is 7.90. The minimum atomic E-state index is -0.0548. The minimum Gasteiger partial charge on any atom is -0.385 e. The summed E-state index contributed by atoms with van der Waals surface area (Å²) in [7, 11) is 3.43. The summed E-state index contributed by atoms with van der Waals surface area (Å²) in [5.74, 6) is -0.0394. The maximum Gasteiger partial charge on any atom is 0.234 e. The summed E-state index contributed by atoms with van der Waals surface area (Å²) in [5.41, 5.74) is 0. The van der Waals surface area contributed by atoms with Crippen LogP contribution in [-0.4, -0.2) is 63.2 Å². The van der Waals surface area contributed by atoms with E-state index < -0.39 is 0 Å². The number of likely N-dealkylation sites (N-methyl/N-ethyl adjacent to an activating group) is 1. The molecule has 0 saturated heterocycles. The van der Waals surface area contributed by atoms with Crippen molar-refractivity contribution in [3.63, 3.8) is 0 Å². The van der Waals surface area contributed by atoms with Crippen LogP contribution in [0.3, 0.4) is 0 Å². The van der Waals surface area contributed by atoms with Crippen LogP contribution >= 0.6 is 0 Å². The zero-order chi connectivity index (χ0) is 16.2. The van der Waals surface area contributed by atoms with Gasteiger partial charge in [0, 0.05) is 26.3 Å². The third kappa shape index (κ3) is 9.00. The van der Waals surface area contributed by atoms with Crippen molar-refractivity contribution in [2.45, 2.75) is 51.0 Å². The summed E-state index contributed by atoms with van der Waals surface area (Å²) in [5, 5.41) is 5.91. The molecule has 0 aromatic heterocycles. The Bertz CT molecular complexity index is 329. The van der Waals surface area contributed by atoms with Crippen molar-refractivity contribution in [2.24, 2.45) is 0 Å². The molecule has 1 aliphatic rings. The van der Waals surface area contributed by atoms with E-state index in [1.807, 2.05) is 0 Å². The van der Waals surface area contributed by atoms with E-state index in [9.17, 15) is 9.59 Å². The lowest BCUT2D eigenvalue weighted by Crippen LogP contribution is -2.43. The smallest absolute Gasteiger partial charge is 0.234 e. The fourth-order valence-electron chi connectivity index (χ4n) is 2.74. The standard InChI is InChI=1S/C16H31N3O3/c1-19(12-15(20)17-10-7-11-22-2)13-16(21)18-14-8-5-3-4-6-9-14/h14H,3-13H2,1-2H3,(H,17,20)(H,18,21). The van der Waals surface area contributed by atoms with Gasteiger partial charge < -0.3 is 15.4 Å². The van der Waals surface area contributed by atoms with E-state index in [-0.39, 0.29) is 24.9 Å². The molecule has 6 nitrogen and oxygen atoms in total. The van der Waals surface area contributed by atoms with Crippen LogP contribution in [0.2, 0.25) is 0 Å². The largest absolute Gasteiger partial charge is 0.385 e. The predicted octanol–water partition coefficient (Wildman–Crippen LogP) is 0.910. The predicted molar refractivity (Wildman–Crippen MR) is 86.6 cm³/mol. The molecular weight excluding hydrogens is 282 g/mol. The van der Waals surface area contributed by atoms with E-state index in [1.54, 1.807) is 19.1 Å². The second-order valence-corrected chi connectivity index (χ2v) is 6.12. The number of hydrogen-bond acceptors (Lipinski definition) is 4. The van der Waals surface area contributed by atoms with Gasteiger partial charge in [0.25, 0.3) is 0 Å². The quantitative estimate of drug-likeness (QED) is 0.490. The van der Waals surface area contributed by atoms with E-state index in [2.05, 4.69) is 10.6 Å². The lowest BCUT2D eigenvalue weighted by atomic mass is 10.1. The van der Waals surface area contributed by atoms with Crippen molar-refractivity contribution < 1.29 is 14.3 Å². The number of hydrogen-bond donors (Lipinski definition) is 2. The first-order valence-electron chi connectivity index (χ1n) is 8.35. The molecule has 6 heteroatoms. The maximum atomic E-state index is 12.0. The summed E-state index contributed by atoms with van der Waals surface area (Å²) in [4.78, 5) is 25.5. The molecule has 0 unspecified atom stereocenters. The molecule has 128 valence electrons. The van der Waals surface area contributed by atoms with Crippen molar-refractivity contribution in [3.05, 3.63) is 0 Å². The molecule has 0 radical (unpaired) electrons. The fraction of sp³-hybridized carbons (Fsp3) is 0.875. The third-order valence-corrected chi connectivity index (χ3v) is 3.89. The van der Waals surface area contributed by atoms with Crippen LogP contribution in [-0.2, 0) is 14.3 Å². The van der Waals surface area contributed by atoms with Crippen LogP contribution in [0.5, 0.6) is 0 Å². The highest BCUT2D eigenvalue weighted by Gasteiger charge is 2.16. The SMILES string of the molecule is COCCCNC(=O)CN(C)CC(=O)NC1CCCCCC1. The van der Waals surface area contributed by atoms with Gasteiger partial charge in [-0.15, -0.1) is 0 Å². The van der Waals surface area contributed by atoms with Gasteiger partial charge in [-0.25, -0.2) is 0 Å². The second kappa shape index (κ2) is 11.4. The van der Waals surface area contributed by atoms with Gasteiger partial charge in [0.15, 0.2) is 0 Å². The Morgan fingerprint density at radius 3 is 2.36 bits per heavy atom. The Balaban J connectivity index is 2.15. The van der Waals surface area contributed by atoms with Crippen molar-refractivity contribution in [1.82, 2.24) is 15.5 Å². The molecule has 2 amide bonds. The zero-order valence-electron chi connectivity index (χ0n) is 14.0. The molecule has 1 aliphatic carbocycles. The Labute approximate surface area is 134 Å². The van der Waals surface area contributed by atoms with Crippen LogP contribution in [0.4, 0.5) is 0 Å². The van der Waals surface area contributed by atoms with Crippen LogP contribution in [0.1, 0.15) is 44.9 Å². The van der Waals surface area contributed by atoms with Gasteiger partial charge in [0.05, 0.1) is 13.1 Å². The van der Waals surface area contributed by atoms with Crippen molar-refractivity contribution >= 4 is 11.8 Å². The Hall–Kier alpha value is -1.14. The molecule has 22 heavy (non-hydrogen) atoms. The van der Waals surface area contributed by atoms with E-state index in [0.29, 0.717) is 19.2 Å². The first-order valence-corrected chi connectivity index (χ1v) is 8.35. The number of ether oxygens (including phenoxy) is 1. The molecule has 1 fully saturated rings.